The normalized spacial score (nSPS) is 18.0. The summed E-state index contributed by atoms with van der Waals surface area (Å²) in [7, 11) is 0. The van der Waals surface area contributed by atoms with E-state index in [1.165, 1.54) is 17.0 Å². The fourth-order valence-corrected chi connectivity index (χ4v) is 4.11. The van der Waals surface area contributed by atoms with Crippen LogP contribution in [0.5, 0.6) is 0 Å². The molecule has 1 aromatic carbocycles. The number of morpholine rings is 1. The summed E-state index contributed by atoms with van der Waals surface area (Å²) < 4.78 is 19.1. The number of amides is 1. The number of rotatable bonds is 7. The lowest BCUT2D eigenvalue weighted by Crippen LogP contribution is -2.49. The van der Waals surface area contributed by atoms with Crippen LogP contribution in [0.15, 0.2) is 41.8 Å². The third kappa shape index (κ3) is 5.86. The Hall–Kier alpha value is -1.76. The lowest BCUT2D eigenvalue weighted by molar-refractivity contribution is -0.0435. The number of hydrogen-bond acceptors (Lipinski definition) is 4. The maximum atomic E-state index is 13.2. The minimum atomic E-state index is -0.332. The lowest BCUT2D eigenvalue weighted by atomic mass is 10.1. The molecule has 1 amide bonds. The number of hydrogen-bond donors (Lipinski definition) is 0. The van der Waals surface area contributed by atoms with Crippen molar-refractivity contribution < 1.29 is 13.9 Å². The van der Waals surface area contributed by atoms with Crippen LogP contribution < -0.4 is 0 Å². The molecule has 1 unspecified atom stereocenters. The van der Waals surface area contributed by atoms with Gasteiger partial charge in [0.15, 0.2) is 0 Å². The van der Waals surface area contributed by atoms with Crippen LogP contribution in [0.2, 0.25) is 0 Å². The van der Waals surface area contributed by atoms with Gasteiger partial charge < -0.3 is 9.64 Å². The van der Waals surface area contributed by atoms with E-state index in [0.29, 0.717) is 31.2 Å². The van der Waals surface area contributed by atoms with Crippen molar-refractivity contribution in [2.24, 2.45) is 5.92 Å². The van der Waals surface area contributed by atoms with Crippen molar-refractivity contribution >= 4 is 17.2 Å². The number of carbonyl (C=O) groups excluding carboxylic acids is 1. The van der Waals surface area contributed by atoms with Crippen molar-refractivity contribution in [3.05, 3.63) is 58.0 Å². The molecule has 6 heteroatoms. The fourth-order valence-electron chi connectivity index (χ4n) is 3.36. The topological polar surface area (TPSA) is 32.8 Å². The zero-order valence-electron chi connectivity index (χ0n) is 15.9. The van der Waals surface area contributed by atoms with E-state index >= 15 is 0 Å². The summed E-state index contributed by atoms with van der Waals surface area (Å²) in [6.45, 7) is 8.71. The van der Waals surface area contributed by atoms with Gasteiger partial charge >= 0.3 is 0 Å². The van der Waals surface area contributed by atoms with Crippen molar-refractivity contribution in [1.82, 2.24) is 9.80 Å². The monoisotopic (exact) mass is 390 g/mol. The number of thiophene rings is 1. The van der Waals surface area contributed by atoms with E-state index in [-0.39, 0.29) is 17.8 Å². The van der Waals surface area contributed by atoms with E-state index in [9.17, 15) is 9.18 Å². The molecule has 1 fully saturated rings. The van der Waals surface area contributed by atoms with Crippen LogP contribution >= 0.6 is 11.3 Å². The molecular formula is C21H27FN2O2S. The quantitative estimate of drug-likeness (QED) is 0.719. The minimum absolute atomic E-state index is 0.0122. The molecule has 0 bridgehead atoms. The number of carbonyl (C=O) groups is 1. The molecule has 1 aromatic heterocycles. The van der Waals surface area contributed by atoms with Gasteiger partial charge in [-0.3, -0.25) is 9.69 Å². The van der Waals surface area contributed by atoms with Gasteiger partial charge in [0.05, 0.1) is 12.7 Å². The van der Waals surface area contributed by atoms with E-state index in [0.717, 1.165) is 19.6 Å². The largest absolute Gasteiger partial charge is 0.374 e. The van der Waals surface area contributed by atoms with E-state index in [4.69, 9.17) is 4.74 Å². The van der Waals surface area contributed by atoms with Crippen LogP contribution in [0.25, 0.3) is 0 Å². The molecule has 2 heterocycles. The zero-order chi connectivity index (χ0) is 19.2. The number of ether oxygens (including phenoxy) is 1. The Balaban J connectivity index is 1.64. The molecule has 146 valence electrons. The predicted octanol–water partition coefficient (Wildman–Crippen LogP) is 3.89. The Morgan fingerprint density at radius 3 is 2.78 bits per heavy atom. The maximum Gasteiger partial charge on any atom is 0.253 e. The predicted molar refractivity (Wildman–Crippen MR) is 106 cm³/mol. The molecule has 1 atom stereocenters. The third-order valence-corrected chi connectivity index (χ3v) is 5.43. The standard InChI is InChI=1S/C21H27FN2O2S/c1-16(2)12-24(21(25)17-5-7-18(22)8-6-17)14-19-13-23(9-10-26-19)15-20-4-3-11-27-20/h3-8,11,16,19H,9-10,12-15H2,1-2H3. The van der Waals surface area contributed by atoms with Gasteiger partial charge in [-0.1, -0.05) is 19.9 Å². The highest BCUT2D eigenvalue weighted by atomic mass is 32.1. The van der Waals surface area contributed by atoms with Gasteiger partial charge in [-0.25, -0.2) is 4.39 Å². The van der Waals surface area contributed by atoms with E-state index < -0.39 is 0 Å². The van der Waals surface area contributed by atoms with Crippen molar-refractivity contribution in [2.45, 2.75) is 26.5 Å². The van der Waals surface area contributed by atoms with E-state index in [1.54, 1.807) is 23.5 Å². The highest BCUT2D eigenvalue weighted by Crippen LogP contribution is 2.17. The number of benzene rings is 1. The number of nitrogens with zero attached hydrogens (tertiary/aromatic N) is 2. The van der Waals surface area contributed by atoms with Gasteiger partial charge in [0.2, 0.25) is 0 Å². The average molecular weight is 391 g/mol. The van der Waals surface area contributed by atoms with Gasteiger partial charge in [0.25, 0.3) is 5.91 Å². The molecule has 0 saturated carbocycles. The van der Waals surface area contributed by atoms with Gasteiger partial charge in [-0.15, -0.1) is 11.3 Å². The van der Waals surface area contributed by atoms with Crippen molar-refractivity contribution in [1.29, 1.82) is 0 Å². The number of halogens is 1. The van der Waals surface area contributed by atoms with Crippen molar-refractivity contribution in [3.8, 4) is 0 Å². The van der Waals surface area contributed by atoms with Crippen LogP contribution in [0.1, 0.15) is 29.1 Å². The summed E-state index contributed by atoms with van der Waals surface area (Å²) in [5, 5.41) is 2.10. The van der Waals surface area contributed by atoms with Crippen molar-refractivity contribution in [2.75, 3.05) is 32.8 Å². The first-order valence-electron chi connectivity index (χ1n) is 9.42. The molecule has 1 aliphatic heterocycles. The van der Waals surface area contributed by atoms with Gasteiger partial charge in [-0.05, 0) is 41.6 Å². The summed E-state index contributed by atoms with van der Waals surface area (Å²) in [4.78, 5) is 18.5. The van der Waals surface area contributed by atoms with Crippen LogP contribution in [0.3, 0.4) is 0 Å². The van der Waals surface area contributed by atoms with Crippen LogP contribution in [-0.2, 0) is 11.3 Å². The Bertz CT molecular complexity index is 718. The molecular weight excluding hydrogens is 363 g/mol. The first-order chi connectivity index (χ1) is 13.0. The molecule has 3 rings (SSSR count). The summed E-state index contributed by atoms with van der Waals surface area (Å²) >= 11 is 1.77. The summed E-state index contributed by atoms with van der Waals surface area (Å²) in [5.74, 6) is -0.0512. The second-order valence-electron chi connectivity index (χ2n) is 7.42. The van der Waals surface area contributed by atoms with Crippen LogP contribution in [0, 0.1) is 11.7 Å². The molecule has 27 heavy (non-hydrogen) atoms. The first kappa shape index (κ1) is 20.0. The Kier molecular flexibility index (Phi) is 6.99. The van der Waals surface area contributed by atoms with Gasteiger partial charge in [-0.2, -0.15) is 0 Å². The molecule has 1 saturated heterocycles. The van der Waals surface area contributed by atoms with Crippen LogP contribution in [-0.4, -0.2) is 54.6 Å². The molecule has 0 aliphatic carbocycles. The Labute approximate surface area is 164 Å². The fraction of sp³-hybridized carbons (Fsp3) is 0.476. The molecule has 0 N–H and O–H groups in total. The molecule has 1 aliphatic rings. The molecule has 0 spiro atoms. The second kappa shape index (κ2) is 9.44. The Morgan fingerprint density at radius 1 is 1.33 bits per heavy atom. The molecule has 0 radical (unpaired) electrons. The molecule has 4 nitrogen and oxygen atoms in total. The first-order valence-corrected chi connectivity index (χ1v) is 10.3. The van der Waals surface area contributed by atoms with Crippen molar-refractivity contribution in [3.63, 3.8) is 0 Å². The third-order valence-electron chi connectivity index (χ3n) is 4.57. The molecule has 2 aromatic rings. The highest BCUT2D eigenvalue weighted by Gasteiger charge is 2.26. The second-order valence-corrected chi connectivity index (χ2v) is 8.45. The van der Waals surface area contributed by atoms with Gasteiger partial charge in [0.1, 0.15) is 5.82 Å². The highest BCUT2D eigenvalue weighted by molar-refractivity contribution is 7.09. The smallest absolute Gasteiger partial charge is 0.253 e. The summed E-state index contributed by atoms with van der Waals surface area (Å²) in [6.07, 6.45) is -0.0122. The van der Waals surface area contributed by atoms with E-state index in [2.05, 4.69) is 36.3 Å². The van der Waals surface area contributed by atoms with Gasteiger partial charge in [0, 0.05) is 43.2 Å². The zero-order valence-corrected chi connectivity index (χ0v) is 16.8. The van der Waals surface area contributed by atoms with E-state index in [1.807, 2.05) is 4.90 Å². The maximum absolute atomic E-state index is 13.2. The SMILES string of the molecule is CC(C)CN(CC1CN(Cc2cccs2)CCO1)C(=O)c1ccc(F)cc1. The average Bonchev–Trinajstić information content (AvgIpc) is 3.14. The minimum Gasteiger partial charge on any atom is -0.374 e. The summed E-state index contributed by atoms with van der Waals surface area (Å²) in [6, 6.07) is 9.99. The van der Waals surface area contributed by atoms with Crippen LogP contribution in [0.4, 0.5) is 4.39 Å². The summed E-state index contributed by atoms with van der Waals surface area (Å²) in [5.41, 5.74) is 0.517. The lowest BCUT2D eigenvalue weighted by Gasteiger charge is -2.36. The Morgan fingerprint density at radius 2 is 2.11 bits per heavy atom.